The predicted octanol–water partition coefficient (Wildman–Crippen LogP) is 4.56. The Bertz CT molecular complexity index is 1210. The number of pyridine rings is 2. The molecule has 0 saturated heterocycles. The van der Waals surface area contributed by atoms with Gasteiger partial charge in [-0.05, 0) is 29.8 Å². The number of nitro groups is 1. The summed E-state index contributed by atoms with van der Waals surface area (Å²) in [6, 6.07) is 18.7. The Kier molecular flexibility index (Phi) is 4.94. The van der Waals surface area contributed by atoms with Crippen molar-refractivity contribution in [1.29, 1.82) is 0 Å². The minimum atomic E-state index is -0.528. The second-order valence-electron chi connectivity index (χ2n) is 6.32. The normalized spacial score (nSPS) is 10.6. The average Bonchev–Trinajstić information content (AvgIpc) is 2.77. The number of rotatable bonds is 5. The van der Waals surface area contributed by atoms with Gasteiger partial charge in [0.2, 0.25) is 0 Å². The maximum Gasteiger partial charge on any atom is 0.339 e. The summed E-state index contributed by atoms with van der Waals surface area (Å²) in [7, 11) is 0. The summed E-state index contributed by atoms with van der Waals surface area (Å²) >= 11 is 0. The summed E-state index contributed by atoms with van der Waals surface area (Å²) in [6.45, 7) is -0.0701. The summed E-state index contributed by atoms with van der Waals surface area (Å²) in [5.41, 5.74) is 2.92. The molecule has 7 heteroatoms. The minimum absolute atomic E-state index is 0.0493. The Morgan fingerprint density at radius 3 is 2.69 bits per heavy atom. The highest BCUT2D eigenvalue weighted by Crippen LogP contribution is 2.25. The van der Waals surface area contributed by atoms with Gasteiger partial charge in [-0.15, -0.1) is 0 Å². The van der Waals surface area contributed by atoms with Gasteiger partial charge in [-0.1, -0.05) is 30.3 Å². The van der Waals surface area contributed by atoms with E-state index in [1.54, 1.807) is 42.7 Å². The zero-order valence-corrected chi connectivity index (χ0v) is 15.2. The molecule has 0 aliphatic rings. The molecule has 4 aromatic rings. The first-order valence-electron chi connectivity index (χ1n) is 8.82. The van der Waals surface area contributed by atoms with Crippen LogP contribution in [0.15, 0.2) is 79.1 Å². The number of aromatic nitrogens is 2. The van der Waals surface area contributed by atoms with Crippen molar-refractivity contribution in [3.8, 4) is 11.3 Å². The summed E-state index contributed by atoms with van der Waals surface area (Å²) in [6.07, 6.45) is 3.34. The molecule has 0 amide bonds. The molecule has 0 fully saturated rings. The Hall–Kier alpha value is -4.13. The van der Waals surface area contributed by atoms with Gasteiger partial charge in [0.25, 0.3) is 5.69 Å². The number of nitrogens with zero attached hydrogens (tertiary/aromatic N) is 3. The lowest BCUT2D eigenvalue weighted by molar-refractivity contribution is -0.384. The fraction of sp³-hybridized carbons (Fsp3) is 0.0455. The van der Waals surface area contributed by atoms with Crippen molar-refractivity contribution in [2.75, 3.05) is 0 Å². The molecule has 4 rings (SSSR count). The van der Waals surface area contributed by atoms with E-state index in [2.05, 4.69) is 9.97 Å². The third-order valence-corrected chi connectivity index (χ3v) is 4.38. The molecule has 2 aromatic heterocycles. The summed E-state index contributed by atoms with van der Waals surface area (Å²) in [5, 5.41) is 11.6. The van der Waals surface area contributed by atoms with Crippen molar-refractivity contribution >= 4 is 22.6 Å². The number of carbonyl (C=O) groups excluding carboxylic acids is 1. The molecule has 0 unspecified atom stereocenters. The third kappa shape index (κ3) is 3.93. The van der Waals surface area contributed by atoms with Crippen LogP contribution in [0.3, 0.4) is 0 Å². The molecule has 0 atom stereocenters. The zero-order chi connectivity index (χ0) is 20.2. The smallest absolute Gasteiger partial charge is 0.339 e. The highest BCUT2D eigenvalue weighted by molar-refractivity contribution is 6.04. The first-order valence-corrected chi connectivity index (χ1v) is 8.82. The number of fused-ring (bicyclic) bond motifs is 1. The van der Waals surface area contributed by atoms with Crippen LogP contribution < -0.4 is 0 Å². The van der Waals surface area contributed by atoms with Crippen LogP contribution in [0.4, 0.5) is 5.69 Å². The molecular weight excluding hydrogens is 370 g/mol. The molecule has 0 aliphatic carbocycles. The first-order chi connectivity index (χ1) is 14.1. The van der Waals surface area contributed by atoms with E-state index in [1.165, 1.54) is 12.1 Å². The van der Waals surface area contributed by atoms with E-state index in [9.17, 15) is 14.9 Å². The van der Waals surface area contributed by atoms with Crippen molar-refractivity contribution < 1.29 is 14.5 Å². The van der Waals surface area contributed by atoms with Crippen LogP contribution in [-0.4, -0.2) is 20.9 Å². The monoisotopic (exact) mass is 385 g/mol. The molecule has 0 radical (unpaired) electrons. The predicted molar refractivity (Wildman–Crippen MR) is 107 cm³/mol. The molecule has 7 nitrogen and oxygen atoms in total. The van der Waals surface area contributed by atoms with Gasteiger partial charge in [-0.25, -0.2) is 9.78 Å². The Morgan fingerprint density at radius 1 is 1.03 bits per heavy atom. The number of para-hydroxylation sites is 1. The molecular formula is C22H15N3O4. The van der Waals surface area contributed by atoms with Gasteiger partial charge in [0, 0.05) is 35.5 Å². The van der Waals surface area contributed by atoms with E-state index < -0.39 is 10.9 Å². The van der Waals surface area contributed by atoms with Crippen LogP contribution in [-0.2, 0) is 11.3 Å². The number of hydrogen-bond acceptors (Lipinski definition) is 6. The van der Waals surface area contributed by atoms with Crippen LogP contribution in [0.2, 0.25) is 0 Å². The highest BCUT2D eigenvalue weighted by Gasteiger charge is 2.16. The van der Waals surface area contributed by atoms with Gasteiger partial charge < -0.3 is 4.74 Å². The Morgan fingerprint density at radius 2 is 1.90 bits per heavy atom. The molecule has 0 aliphatic heterocycles. The van der Waals surface area contributed by atoms with E-state index in [0.717, 1.165) is 5.56 Å². The maximum absolute atomic E-state index is 12.8. The average molecular weight is 385 g/mol. The number of non-ortho nitro benzene ring substituents is 1. The fourth-order valence-corrected chi connectivity index (χ4v) is 2.99. The lowest BCUT2D eigenvalue weighted by Crippen LogP contribution is -2.07. The van der Waals surface area contributed by atoms with Crippen molar-refractivity contribution in [3.05, 3.63) is 100 Å². The number of esters is 1. The highest BCUT2D eigenvalue weighted by atomic mass is 16.6. The van der Waals surface area contributed by atoms with Gasteiger partial charge >= 0.3 is 5.97 Å². The number of nitro benzene ring substituents is 1. The molecule has 142 valence electrons. The fourth-order valence-electron chi connectivity index (χ4n) is 2.99. The van der Waals surface area contributed by atoms with E-state index in [1.807, 2.05) is 24.3 Å². The van der Waals surface area contributed by atoms with Crippen LogP contribution in [0.5, 0.6) is 0 Å². The molecule has 2 aromatic carbocycles. The first kappa shape index (κ1) is 18.2. The van der Waals surface area contributed by atoms with Gasteiger partial charge in [0.1, 0.15) is 6.61 Å². The van der Waals surface area contributed by atoms with Crippen LogP contribution in [0.25, 0.3) is 22.2 Å². The minimum Gasteiger partial charge on any atom is -0.457 e. The maximum atomic E-state index is 12.8. The van der Waals surface area contributed by atoms with Crippen molar-refractivity contribution in [1.82, 2.24) is 9.97 Å². The largest absolute Gasteiger partial charge is 0.457 e. The van der Waals surface area contributed by atoms with E-state index in [4.69, 9.17) is 4.74 Å². The quantitative estimate of drug-likeness (QED) is 0.284. The van der Waals surface area contributed by atoms with Gasteiger partial charge in [-0.2, -0.15) is 0 Å². The van der Waals surface area contributed by atoms with Crippen molar-refractivity contribution in [2.45, 2.75) is 6.61 Å². The van der Waals surface area contributed by atoms with Gasteiger partial charge in [0.15, 0.2) is 0 Å². The van der Waals surface area contributed by atoms with Gasteiger partial charge in [0.05, 0.1) is 21.7 Å². The number of ether oxygens (including phenoxy) is 1. The lowest BCUT2D eigenvalue weighted by Gasteiger charge is -2.10. The Balaban J connectivity index is 1.66. The zero-order valence-electron chi connectivity index (χ0n) is 15.2. The van der Waals surface area contributed by atoms with Crippen molar-refractivity contribution in [3.63, 3.8) is 0 Å². The van der Waals surface area contributed by atoms with Crippen molar-refractivity contribution in [2.24, 2.45) is 0 Å². The molecule has 0 spiro atoms. The SMILES string of the molecule is O=C(OCc1cccc([N+](=O)[O-])c1)c1cc(-c2cccnc2)nc2ccccc12. The lowest BCUT2D eigenvalue weighted by atomic mass is 10.1. The topological polar surface area (TPSA) is 95.2 Å². The second kappa shape index (κ2) is 7.85. The molecule has 0 bridgehead atoms. The summed E-state index contributed by atoms with van der Waals surface area (Å²) in [5.74, 6) is -0.528. The summed E-state index contributed by atoms with van der Waals surface area (Å²) < 4.78 is 5.44. The third-order valence-electron chi connectivity index (χ3n) is 4.38. The van der Waals surface area contributed by atoms with Crippen LogP contribution in [0, 0.1) is 10.1 Å². The summed E-state index contributed by atoms with van der Waals surface area (Å²) in [4.78, 5) is 32.0. The van der Waals surface area contributed by atoms with Gasteiger partial charge in [-0.3, -0.25) is 15.1 Å². The standard InChI is InChI=1S/C22H15N3O4/c26-22(29-14-15-5-3-7-17(11-15)25(27)28)19-12-21(16-6-4-10-23-13-16)24-20-9-2-1-8-18(19)20/h1-13H,14H2. The molecule has 2 heterocycles. The number of hydrogen-bond donors (Lipinski definition) is 0. The van der Waals surface area contributed by atoms with Crippen LogP contribution >= 0.6 is 0 Å². The molecule has 29 heavy (non-hydrogen) atoms. The van der Waals surface area contributed by atoms with Crippen LogP contribution in [0.1, 0.15) is 15.9 Å². The number of carbonyl (C=O) groups is 1. The molecule has 0 saturated carbocycles. The second-order valence-corrected chi connectivity index (χ2v) is 6.32. The Labute approximate surface area is 165 Å². The van der Waals surface area contributed by atoms with E-state index in [0.29, 0.717) is 27.7 Å². The van der Waals surface area contributed by atoms with E-state index in [-0.39, 0.29) is 12.3 Å². The van der Waals surface area contributed by atoms with E-state index >= 15 is 0 Å². The number of benzene rings is 2. The molecule has 0 N–H and O–H groups in total.